The average Bonchev–Trinajstić information content (AvgIpc) is 2.14. The third-order valence-electron chi connectivity index (χ3n) is 2.19. The first-order chi connectivity index (χ1) is 6.57. The smallest absolute Gasteiger partial charge is 0.00384 e. The quantitative estimate of drug-likeness (QED) is 0.653. The van der Waals surface area contributed by atoms with Gasteiger partial charge in [-0.3, -0.25) is 0 Å². The van der Waals surface area contributed by atoms with Crippen LogP contribution in [0.25, 0.3) is 0 Å². The van der Waals surface area contributed by atoms with Crippen molar-refractivity contribution in [2.24, 2.45) is 0 Å². The van der Waals surface area contributed by atoms with Crippen LogP contribution in [0.3, 0.4) is 0 Å². The van der Waals surface area contributed by atoms with Gasteiger partial charge in [0.05, 0.1) is 0 Å². The summed E-state index contributed by atoms with van der Waals surface area (Å²) in [7, 11) is 4.26. The highest BCUT2D eigenvalue weighted by atomic mass is 15.1. The highest BCUT2D eigenvalue weighted by Crippen LogP contribution is 1.98. The molecule has 0 rings (SSSR count). The van der Waals surface area contributed by atoms with Gasteiger partial charge >= 0.3 is 0 Å². The van der Waals surface area contributed by atoms with Gasteiger partial charge in [0.2, 0.25) is 0 Å². The molecule has 0 saturated carbocycles. The molecular weight excluding hydrogens is 172 g/mol. The van der Waals surface area contributed by atoms with E-state index in [4.69, 9.17) is 0 Å². The van der Waals surface area contributed by atoms with E-state index in [0.29, 0.717) is 6.04 Å². The van der Waals surface area contributed by atoms with Gasteiger partial charge in [-0.25, -0.2) is 0 Å². The molecule has 88 valence electrons. The van der Waals surface area contributed by atoms with Crippen LogP contribution in [0.15, 0.2) is 0 Å². The van der Waals surface area contributed by atoms with Crippen LogP contribution >= 0.6 is 0 Å². The molecule has 14 heavy (non-hydrogen) atoms. The van der Waals surface area contributed by atoms with Crippen LogP contribution in [0, 0.1) is 0 Å². The van der Waals surface area contributed by atoms with Crippen molar-refractivity contribution in [3.8, 4) is 0 Å². The summed E-state index contributed by atoms with van der Waals surface area (Å²) >= 11 is 0. The fourth-order valence-electron chi connectivity index (χ4n) is 1.37. The highest BCUT2D eigenvalue weighted by Gasteiger charge is 2.05. The van der Waals surface area contributed by atoms with E-state index in [-0.39, 0.29) is 0 Å². The Morgan fingerprint density at radius 1 is 1.00 bits per heavy atom. The van der Waals surface area contributed by atoms with Crippen molar-refractivity contribution in [2.45, 2.75) is 47.1 Å². The zero-order valence-corrected chi connectivity index (χ0v) is 11.3. The number of rotatable bonds is 6. The molecule has 0 aliphatic carbocycles. The summed E-state index contributed by atoms with van der Waals surface area (Å²) in [6.07, 6.45) is 1.28. The molecule has 0 radical (unpaired) electrons. The lowest BCUT2D eigenvalue weighted by atomic mass is 10.3. The minimum atomic E-state index is 0.692. The predicted molar refractivity (Wildman–Crippen MR) is 66.9 cm³/mol. The van der Waals surface area contributed by atoms with E-state index in [1.54, 1.807) is 0 Å². The maximum Gasteiger partial charge on any atom is 0.00384 e. The summed E-state index contributed by atoms with van der Waals surface area (Å²) in [5.41, 5.74) is 0. The topological polar surface area (TPSA) is 6.48 Å². The first-order valence-electron chi connectivity index (χ1n) is 5.96. The first kappa shape index (κ1) is 16.4. The third-order valence-corrected chi connectivity index (χ3v) is 2.19. The van der Waals surface area contributed by atoms with Gasteiger partial charge in [-0.1, -0.05) is 20.8 Å². The van der Waals surface area contributed by atoms with Gasteiger partial charge in [0.15, 0.2) is 0 Å². The molecule has 0 heterocycles. The maximum absolute atomic E-state index is 2.50. The van der Waals surface area contributed by atoms with Gasteiger partial charge < -0.3 is 9.80 Å². The molecule has 0 fully saturated rings. The summed E-state index contributed by atoms with van der Waals surface area (Å²) in [6, 6.07) is 0.692. The van der Waals surface area contributed by atoms with Crippen molar-refractivity contribution < 1.29 is 0 Å². The van der Waals surface area contributed by atoms with Crippen molar-refractivity contribution >= 4 is 0 Å². The third kappa shape index (κ3) is 10.0. The Balaban J connectivity index is 0. The molecule has 0 aromatic rings. The summed E-state index contributed by atoms with van der Waals surface area (Å²) in [6.45, 7) is 14.4. The van der Waals surface area contributed by atoms with Crippen molar-refractivity contribution in [1.29, 1.82) is 0 Å². The Hall–Kier alpha value is -0.0800. The molecule has 2 nitrogen and oxygen atoms in total. The fourth-order valence-corrected chi connectivity index (χ4v) is 1.37. The Morgan fingerprint density at radius 3 is 1.79 bits per heavy atom. The van der Waals surface area contributed by atoms with E-state index in [0.717, 1.165) is 0 Å². The van der Waals surface area contributed by atoms with Crippen molar-refractivity contribution in [1.82, 2.24) is 9.80 Å². The molecule has 0 unspecified atom stereocenters. The largest absolute Gasteiger partial charge is 0.309 e. The Kier molecular flexibility index (Phi) is 12.8. The van der Waals surface area contributed by atoms with Gasteiger partial charge in [0, 0.05) is 6.04 Å². The maximum atomic E-state index is 2.50. The zero-order chi connectivity index (χ0) is 11.6. The van der Waals surface area contributed by atoms with E-state index in [1.165, 1.54) is 26.1 Å². The van der Waals surface area contributed by atoms with Crippen molar-refractivity contribution in [3.05, 3.63) is 0 Å². The van der Waals surface area contributed by atoms with Gasteiger partial charge in [-0.15, -0.1) is 0 Å². The molecule has 0 aliphatic rings. The van der Waals surface area contributed by atoms with Crippen LogP contribution < -0.4 is 0 Å². The SMILES string of the molecule is CC.CCN(CCCN(C)C)C(C)C. The molecule has 0 saturated heterocycles. The molecule has 0 aromatic heterocycles. The summed E-state index contributed by atoms with van der Waals surface area (Å²) in [5.74, 6) is 0. The molecule has 0 atom stereocenters. The molecule has 0 spiro atoms. The normalized spacial score (nSPS) is 10.7. The minimum absolute atomic E-state index is 0.692. The van der Waals surface area contributed by atoms with E-state index in [1.807, 2.05) is 13.8 Å². The van der Waals surface area contributed by atoms with Gasteiger partial charge in [-0.2, -0.15) is 0 Å². The summed E-state index contributed by atoms with van der Waals surface area (Å²) in [4.78, 5) is 4.75. The van der Waals surface area contributed by atoms with Crippen molar-refractivity contribution in [2.75, 3.05) is 33.7 Å². The van der Waals surface area contributed by atoms with Gasteiger partial charge in [-0.05, 0) is 54.0 Å². The lowest BCUT2D eigenvalue weighted by Crippen LogP contribution is -2.33. The highest BCUT2D eigenvalue weighted by molar-refractivity contribution is 4.60. The second-order valence-corrected chi connectivity index (χ2v) is 3.88. The number of hydrogen-bond acceptors (Lipinski definition) is 2. The lowest BCUT2D eigenvalue weighted by molar-refractivity contribution is 0.220. The summed E-state index contributed by atoms with van der Waals surface area (Å²) in [5, 5.41) is 0. The number of hydrogen-bond donors (Lipinski definition) is 0. The standard InChI is InChI=1S/C10H24N2.C2H6/c1-6-12(10(2)3)9-7-8-11(4)5;1-2/h10H,6-9H2,1-5H3;1-2H3. The predicted octanol–water partition coefficient (Wildman–Crippen LogP) is 2.69. The monoisotopic (exact) mass is 202 g/mol. The fraction of sp³-hybridized carbons (Fsp3) is 1.00. The minimum Gasteiger partial charge on any atom is -0.309 e. The molecule has 0 aromatic carbocycles. The molecule has 0 aliphatic heterocycles. The van der Waals surface area contributed by atoms with Crippen LogP contribution in [0.2, 0.25) is 0 Å². The lowest BCUT2D eigenvalue weighted by Gasteiger charge is -2.25. The second-order valence-electron chi connectivity index (χ2n) is 3.88. The van der Waals surface area contributed by atoms with Crippen LogP contribution in [-0.4, -0.2) is 49.6 Å². The molecule has 0 bridgehead atoms. The van der Waals surface area contributed by atoms with Crippen LogP contribution in [0.4, 0.5) is 0 Å². The average molecular weight is 202 g/mol. The van der Waals surface area contributed by atoms with E-state index in [9.17, 15) is 0 Å². The molecule has 2 heteroatoms. The van der Waals surface area contributed by atoms with Gasteiger partial charge in [0.1, 0.15) is 0 Å². The zero-order valence-electron chi connectivity index (χ0n) is 11.3. The summed E-state index contributed by atoms with van der Waals surface area (Å²) < 4.78 is 0. The Labute approximate surface area is 91.3 Å². The van der Waals surface area contributed by atoms with Crippen LogP contribution in [0.5, 0.6) is 0 Å². The van der Waals surface area contributed by atoms with Crippen LogP contribution in [0.1, 0.15) is 41.0 Å². The van der Waals surface area contributed by atoms with E-state index >= 15 is 0 Å². The number of nitrogens with zero attached hydrogens (tertiary/aromatic N) is 2. The van der Waals surface area contributed by atoms with Crippen LogP contribution in [-0.2, 0) is 0 Å². The second kappa shape index (κ2) is 11.0. The first-order valence-corrected chi connectivity index (χ1v) is 5.96. The molecular formula is C12H30N2. The van der Waals surface area contributed by atoms with Gasteiger partial charge in [0.25, 0.3) is 0 Å². The van der Waals surface area contributed by atoms with E-state index in [2.05, 4.69) is 44.7 Å². The Bertz CT molecular complexity index is 100. The van der Waals surface area contributed by atoms with Crippen molar-refractivity contribution in [3.63, 3.8) is 0 Å². The Morgan fingerprint density at radius 2 is 1.50 bits per heavy atom. The van der Waals surface area contributed by atoms with E-state index < -0.39 is 0 Å². The molecule has 0 N–H and O–H groups in total. The molecule has 0 amide bonds.